The van der Waals surface area contributed by atoms with Crippen LogP contribution in [0.4, 0.5) is 4.39 Å². The molecule has 0 saturated heterocycles. The van der Waals surface area contributed by atoms with E-state index in [1.165, 1.54) is 18.3 Å². The quantitative estimate of drug-likeness (QED) is 0.507. The summed E-state index contributed by atoms with van der Waals surface area (Å²) in [5, 5.41) is 4.31. The van der Waals surface area contributed by atoms with E-state index in [9.17, 15) is 9.18 Å². The van der Waals surface area contributed by atoms with E-state index in [0.29, 0.717) is 11.4 Å². The minimum Gasteiger partial charge on any atom is -0.302 e. The van der Waals surface area contributed by atoms with E-state index in [1.54, 1.807) is 35.1 Å². The standard InChI is InChI=1S/C20H19FN6O/c1-22-25-20(28)17-7-9-23-19(11-17)27-14-16(12-24-27)8-10-26(2)13-15-3-5-18(21)6-4-15/h3-7,9,11-12,14H,8,10,13H2,2H3,(H,25,28). The predicted molar refractivity (Wildman–Crippen MR) is 102 cm³/mol. The second-order valence-electron chi connectivity index (χ2n) is 6.36. The third-order valence-corrected chi connectivity index (χ3v) is 4.18. The summed E-state index contributed by atoms with van der Waals surface area (Å²) in [6.45, 7) is 8.24. The molecule has 0 unspecified atom stereocenters. The highest BCUT2D eigenvalue weighted by Gasteiger charge is 2.10. The zero-order valence-corrected chi connectivity index (χ0v) is 15.3. The smallest absolute Gasteiger partial charge is 0.302 e. The zero-order valence-electron chi connectivity index (χ0n) is 15.3. The Labute approximate surface area is 162 Å². The van der Waals surface area contributed by atoms with E-state index >= 15 is 0 Å². The van der Waals surface area contributed by atoms with Gasteiger partial charge in [0, 0.05) is 25.5 Å². The maximum absolute atomic E-state index is 13.0. The molecule has 7 nitrogen and oxygen atoms in total. The number of benzene rings is 1. The number of aromatic nitrogens is 3. The molecule has 3 aromatic rings. The molecule has 1 N–H and O–H groups in total. The van der Waals surface area contributed by atoms with Gasteiger partial charge in [-0.05, 0) is 54.3 Å². The van der Waals surface area contributed by atoms with E-state index < -0.39 is 5.91 Å². The maximum atomic E-state index is 13.0. The van der Waals surface area contributed by atoms with Crippen molar-refractivity contribution in [2.75, 3.05) is 13.6 Å². The number of carbonyl (C=O) groups is 1. The Morgan fingerprint density at radius 3 is 2.82 bits per heavy atom. The maximum Gasteiger partial charge on any atom is 0.318 e. The topological polar surface area (TPSA) is 67.4 Å². The van der Waals surface area contributed by atoms with Gasteiger partial charge in [0.2, 0.25) is 0 Å². The van der Waals surface area contributed by atoms with Crippen molar-refractivity contribution in [3.05, 3.63) is 89.0 Å². The number of carbonyl (C=O) groups excluding carboxylic acids is 1. The van der Waals surface area contributed by atoms with Crippen molar-refractivity contribution in [1.29, 1.82) is 0 Å². The molecule has 0 aliphatic heterocycles. The van der Waals surface area contributed by atoms with Gasteiger partial charge in [-0.3, -0.25) is 4.79 Å². The van der Waals surface area contributed by atoms with Crippen molar-refractivity contribution in [3.8, 4) is 5.82 Å². The number of likely N-dealkylation sites (N-methyl/N-ethyl adjacent to an activating group) is 1. The lowest BCUT2D eigenvalue weighted by atomic mass is 10.2. The molecule has 0 aliphatic rings. The van der Waals surface area contributed by atoms with Gasteiger partial charge in [0.15, 0.2) is 5.82 Å². The van der Waals surface area contributed by atoms with Crippen LogP contribution in [-0.4, -0.2) is 39.2 Å². The second-order valence-corrected chi connectivity index (χ2v) is 6.36. The van der Waals surface area contributed by atoms with E-state index in [-0.39, 0.29) is 5.82 Å². The summed E-state index contributed by atoms with van der Waals surface area (Å²) in [4.78, 5) is 21.0. The summed E-state index contributed by atoms with van der Waals surface area (Å²) >= 11 is 0. The lowest BCUT2D eigenvalue weighted by Gasteiger charge is -2.16. The van der Waals surface area contributed by atoms with Gasteiger partial charge in [0.25, 0.3) is 0 Å². The first kappa shape index (κ1) is 19.2. The number of rotatable bonds is 7. The van der Waals surface area contributed by atoms with Gasteiger partial charge < -0.3 is 4.90 Å². The molecule has 1 aromatic carbocycles. The molecule has 0 atom stereocenters. The normalized spacial score (nSPS) is 10.6. The minimum absolute atomic E-state index is 0.233. The van der Waals surface area contributed by atoms with Gasteiger partial charge in [0.05, 0.1) is 11.8 Å². The lowest BCUT2D eigenvalue weighted by molar-refractivity contribution is 0.0969. The number of nitrogens with one attached hydrogen (secondary N) is 1. The van der Waals surface area contributed by atoms with Crippen LogP contribution in [0.5, 0.6) is 0 Å². The monoisotopic (exact) mass is 378 g/mol. The van der Waals surface area contributed by atoms with Crippen LogP contribution in [0, 0.1) is 12.4 Å². The van der Waals surface area contributed by atoms with Crippen LogP contribution >= 0.6 is 0 Å². The Morgan fingerprint density at radius 1 is 1.29 bits per heavy atom. The molecule has 0 fully saturated rings. The van der Waals surface area contributed by atoms with Crippen LogP contribution < -0.4 is 5.43 Å². The number of nitrogens with zero attached hydrogens (tertiary/aromatic N) is 5. The third kappa shape index (κ3) is 4.99. The number of amides is 1. The van der Waals surface area contributed by atoms with Crippen molar-refractivity contribution in [2.45, 2.75) is 13.0 Å². The molecule has 0 bridgehead atoms. The second kappa shape index (κ2) is 8.88. The Bertz CT molecular complexity index is 992. The molecule has 142 valence electrons. The van der Waals surface area contributed by atoms with Crippen molar-refractivity contribution in [3.63, 3.8) is 0 Å². The summed E-state index contributed by atoms with van der Waals surface area (Å²) in [5.74, 6) is -0.208. The fraction of sp³-hybridized carbons (Fsp3) is 0.200. The molecule has 2 aromatic heterocycles. The molecule has 28 heavy (non-hydrogen) atoms. The molecular formula is C20H19FN6O. The molecular weight excluding hydrogens is 359 g/mol. The molecule has 8 heteroatoms. The van der Waals surface area contributed by atoms with Crippen LogP contribution in [0.3, 0.4) is 0 Å². The van der Waals surface area contributed by atoms with Crippen molar-refractivity contribution in [1.82, 2.24) is 25.1 Å². The zero-order chi connectivity index (χ0) is 19.9. The van der Waals surface area contributed by atoms with Crippen LogP contribution in [0.15, 0.2) is 55.0 Å². The summed E-state index contributed by atoms with van der Waals surface area (Å²) in [7, 11) is 2.01. The Morgan fingerprint density at radius 2 is 2.07 bits per heavy atom. The Kier molecular flexibility index (Phi) is 6.09. The highest BCUT2D eigenvalue weighted by atomic mass is 19.1. The van der Waals surface area contributed by atoms with Crippen LogP contribution in [0.1, 0.15) is 21.5 Å². The highest BCUT2D eigenvalue weighted by Crippen LogP contribution is 2.10. The average molecular weight is 378 g/mol. The number of hydrogen-bond donors (Lipinski definition) is 1. The highest BCUT2D eigenvalue weighted by molar-refractivity contribution is 5.94. The third-order valence-electron chi connectivity index (χ3n) is 4.18. The van der Waals surface area contributed by atoms with Gasteiger partial charge in [-0.25, -0.2) is 14.1 Å². The van der Waals surface area contributed by atoms with E-state index in [4.69, 9.17) is 6.57 Å². The van der Waals surface area contributed by atoms with Crippen LogP contribution in [0.25, 0.3) is 10.8 Å². The first-order valence-corrected chi connectivity index (χ1v) is 8.65. The van der Waals surface area contributed by atoms with Crippen LogP contribution in [0.2, 0.25) is 0 Å². The summed E-state index contributed by atoms with van der Waals surface area (Å²) in [5.41, 5.74) is 4.50. The van der Waals surface area contributed by atoms with Crippen molar-refractivity contribution >= 4 is 5.91 Å². The molecule has 1 amide bonds. The van der Waals surface area contributed by atoms with Gasteiger partial charge in [-0.15, -0.1) is 0 Å². The predicted octanol–water partition coefficient (Wildman–Crippen LogP) is 2.64. The number of pyridine rings is 1. The first-order valence-electron chi connectivity index (χ1n) is 8.65. The minimum atomic E-state index is -0.478. The van der Waals surface area contributed by atoms with E-state index in [0.717, 1.165) is 30.6 Å². The number of hydrogen-bond acceptors (Lipinski definition) is 4. The SMILES string of the molecule is [C-]#[N+]NC(=O)c1ccnc(-n2cc(CCN(C)Cc3ccc(F)cc3)cn2)c1. The average Bonchev–Trinajstić information content (AvgIpc) is 3.18. The van der Waals surface area contributed by atoms with Gasteiger partial charge >= 0.3 is 5.91 Å². The Hall–Kier alpha value is -3.57. The summed E-state index contributed by atoms with van der Waals surface area (Å²) < 4.78 is 14.6. The molecule has 0 aliphatic carbocycles. The van der Waals surface area contributed by atoms with E-state index in [1.807, 2.05) is 13.2 Å². The molecule has 2 heterocycles. The number of halogens is 1. The molecule has 0 radical (unpaired) electrons. The lowest BCUT2D eigenvalue weighted by Crippen LogP contribution is -2.20. The first-order chi connectivity index (χ1) is 13.5. The van der Waals surface area contributed by atoms with Crippen LogP contribution in [-0.2, 0) is 13.0 Å². The van der Waals surface area contributed by atoms with Gasteiger partial charge in [0.1, 0.15) is 5.82 Å². The van der Waals surface area contributed by atoms with Crippen molar-refractivity contribution in [2.24, 2.45) is 0 Å². The largest absolute Gasteiger partial charge is 0.318 e. The summed E-state index contributed by atoms with van der Waals surface area (Å²) in [6.07, 6.45) is 5.92. The van der Waals surface area contributed by atoms with Gasteiger partial charge in [-0.1, -0.05) is 12.1 Å². The fourth-order valence-electron chi connectivity index (χ4n) is 2.72. The fourth-order valence-corrected chi connectivity index (χ4v) is 2.72. The van der Waals surface area contributed by atoms with Gasteiger partial charge in [-0.2, -0.15) is 16.6 Å². The molecule has 0 saturated carbocycles. The Balaban J connectivity index is 1.60. The van der Waals surface area contributed by atoms with Crippen molar-refractivity contribution < 1.29 is 9.18 Å². The van der Waals surface area contributed by atoms with E-state index in [2.05, 4.69) is 25.4 Å². The molecule has 3 rings (SSSR count). The summed E-state index contributed by atoms with van der Waals surface area (Å²) in [6, 6.07) is 9.62. The molecule has 0 spiro atoms.